The van der Waals surface area contributed by atoms with E-state index in [0.29, 0.717) is 0 Å². The zero-order valence-electron chi connectivity index (χ0n) is 41.5. The monoisotopic (exact) mass is 927 g/mol. The predicted octanol–water partition coefficient (Wildman–Crippen LogP) is 19.4. The van der Waals surface area contributed by atoms with Crippen LogP contribution in [0.4, 0.5) is 17.6 Å². The SMILES string of the molecule is CCCCCCCCCC[C@H]1CC[C@H](c2ccc(CCc3ccc(OC(F)F)cc3)cc2)CC1.CCCCCCCCC[C@H]1CC[C@H](c2ccc(CCc3ccc(OC(F)F)cc3)cc2)CC1. The Morgan fingerprint density at radius 3 is 0.910 bits per heavy atom. The number of ether oxygens (including phenoxy) is 2. The molecule has 0 spiro atoms. The first kappa shape index (κ1) is 54.1. The van der Waals surface area contributed by atoms with E-state index < -0.39 is 13.2 Å². The van der Waals surface area contributed by atoms with E-state index in [1.54, 1.807) is 24.3 Å². The lowest BCUT2D eigenvalue weighted by atomic mass is 9.77. The zero-order chi connectivity index (χ0) is 47.3. The minimum Gasteiger partial charge on any atom is -0.435 e. The van der Waals surface area contributed by atoms with E-state index in [0.717, 1.165) is 60.5 Å². The van der Waals surface area contributed by atoms with Gasteiger partial charge < -0.3 is 9.47 Å². The number of hydrogen-bond acceptors (Lipinski definition) is 2. The second kappa shape index (κ2) is 32.1. The van der Waals surface area contributed by atoms with E-state index in [1.807, 2.05) is 24.3 Å². The van der Waals surface area contributed by atoms with Gasteiger partial charge >= 0.3 is 13.2 Å². The number of benzene rings is 4. The van der Waals surface area contributed by atoms with Gasteiger partial charge in [-0.25, -0.2) is 0 Å². The molecule has 6 heteroatoms. The molecule has 0 heterocycles. The van der Waals surface area contributed by atoms with Crippen LogP contribution in [0.15, 0.2) is 97.1 Å². The van der Waals surface area contributed by atoms with Crippen LogP contribution in [0.25, 0.3) is 0 Å². The Hall–Kier alpha value is -3.80. The van der Waals surface area contributed by atoms with Crippen molar-refractivity contribution in [1.29, 1.82) is 0 Å². The van der Waals surface area contributed by atoms with Gasteiger partial charge in [0.05, 0.1) is 0 Å². The molecule has 4 aromatic rings. The molecule has 0 amide bonds. The summed E-state index contributed by atoms with van der Waals surface area (Å²) in [6, 6.07) is 32.4. The Morgan fingerprint density at radius 2 is 0.627 bits per heavy atom. The highest BCUT2D eigenvalue weighted by Crippen LogP contribution is 2.39. The van der Waals surface area contributed by atoms with Crippen LogP contribution in [0, 0.1) is 11.8 Å². The summed E-state index contributed by atoms with van der Waals surface area (Å²) in [4.78, 5) is 0. The topological polar surface area (TPSA) is 18.5 Å². The van der Waals surface area contributed by atoms with E-state index in [4.69, 9.17) is 0 Å². The Kier molecular flexibility index (Phi) is 25.9. The maximum absolute atomic E-state index is 12.3. The average Bonchev–Trinajstić information content (AvgIpc) is 3.35. The van der Waals surface area contributed by atoms with Crippen molar-refractivity contribution in [2.45, 2.75) is 225 Å². The second-order valence-corrected chi connectivity index (χ2v) is 20.1. The van der Waals surface area contributed by atoms with Crippen molar-refractivity contribution in [1.82, 2.24) is 0 Å². The highest BCUT2D eigenvalue weighted by Gasteiger charge is 2.23. The summed E-state index contributed by atoms with van der Waals surface area (Å²) in [7, 11) is 0. The third-order valence-corrected chi connectivity index (χ3v) is 15.0. The first-order chi connectivity index (χ1) is 32.8. The molecule has 370 valence electrons. The minimum atomic E-state index is -2.77. The van der Waals surface area contributed by atoms with Gasteiger partial charge in [-0.05, 0) is 158 Å². The highest BCUT2D eigenvalue weighted by atomic mass is 19.3. The molecule has 0 N–H and O–H groups in total. The molecule has 0 aliphatic heterocycles. The van der Waals surface area contributed by atoms with Gasteiger partial charge in [0.15, 0.2) is 0 Å². The largest absolute Gasteiger partial charge is 0.435 e. The number of alkyl halides is 4. The van der Waals surface area contributed by atoms with Gasteiger partial charge in [-0.3, -0.25) is 0 Å². The Labute approximate surface area is 404 Å². The quantitative estimate of drug-likeness (QED) is 0.0399. The number of halogens is 4. The summed E-state index contributed by atoms with van der Waals surface area (Å²) in [5.74, 6) is 3.80. The molecule has 6 rings (SSSR count). The molecule has 0 radical (unpaired) electrons. The van der Waals surface area contributed by atoms with E-state index in [9.17, 15) is 17.6 Å². The highest BCUT2D eigenvalue weighted by molar-refractivity contribution is 5.31. The zero-order valence-corrected chi connectivity index (χ0v) is 41.5. The van der Waals surface area contributed by atoms with Crippen LogP contribution in [-0.2, 0) is 25.7 Å². The predicted molar refractivity (Wildman–Crippen MR) is 273 cm³/mol. The smallest absolute Gasteiger partial charge is 0.387 e. The summed E-state index contributed by atoms with van der Waals surface area (Å²) >= 11 is 0. The van der Waals surface area contributed by atoms with Gasteiger partial charge in [-0.1, -0.05) is 196 Å². The van der Waals surface area contributed by atoms with Crippen LogP contribution in [0.2, 0.25) is 0 Å². The molecule has 4 aromatic carbocycles. The number of aryl methyl sites for hydroxylation is 4. The Bertz CT molecular complexity index is 1810. The summed E-state index contributed by atoms with van der Waals surface area (Å²) in [5, 5.41) is 0. The van der Waals surface area contributed by atoms with Crippen molar-refractivity contribution in [3.05, 3.63) is 130 Å². The molecule has 2 fully saturated rings. The van der Waals surface area contributed by atoms with Crippen molar-refractivity contribution in [2.24, 2.45) is 11.8 Å². The van der Waals surface area contributed by atoms with Gasteiger partial charge in [-0.15, -0.1) is 0 Å². The van der Waals surface area contributed by atoms with E-state index in [2.05, 4.69) is 71.9 Å². The molecule has 67 heavy (non-hydrogen) atoms. The minimum absolute atomic E-state index is 0.218. The Morgan fingerprint density at radius 1 is 0.358 bits per heavy atom. The lowest BCUT2D eigenvalue weighted by Gasteiger charge is -2.29. The van der Waals surface area contributed by atoms with Crippen LogP contribution < -0.4 is 9.47 Å². The van der Waals surface area contributed by atoms with E-state index in [1.165, 1.54) is 183 Å². The van der Waals surface area contributed by atoms with Gasteiger partial charge in [0, 0.05) is 0 Å². The van der Waals surface area contributed by atoms with Gasteiger partial charge in [0.1, 0.15) is 11.5 Å². The third-order valence-electron chi connectivity index (χ3n) is 15.0. The van der Waals surface area contributed by atoms with Crippen LogP contribution in [0.5, 0.6) is 11.5 Å². The maximum atomic E-state index is 12.3. The van der Waals surface area contributed by atoms with Gasteiger partial charge in [0.25, 0.3) is 0 Å². The second-order valence-electron chi connectivity index (χ2n) is 20.1. The van der Waals surface area contributed by atoms with Crippen molar-refractivity contribution < 1.29 is 27.0 Å². The fourth-order valence-electron chi connectivity index (χ4n) is 10.7. The third kappa shape index (κ3) is 22.0. The van der Waals surface area contributed by atoms with Crippen LogP contribution >= 0.6 is 0 Å². The number of hydrogen-bond donors (Lipinski definition) is 0. The lowest BCUT2D eigenvalue weighted by Crippen LogP contribution is -2.13. The molecular weight excluding hydrogens is 841 g/mol. The Balaban J connectivity index is 0.000000251. The standard InChI is InChI=1S/C31H44F2O.C30H42F2O/c1-2-3-4-5-6-7-8-9-10-25-13-19-28(20-14-25)29-21-15-26(16-22-29)11-12-27-17-23-30(24-18-27)34-31(32)33;1-2-3-4-5-6-7-8-9-24-12-18-27(19-13-24)28-20-14-25(15-21-28)10-11-26-16-22-29(23-17-26)33-30(31)32/h15-18,21-25,28,31H,2-14,19-20H2,1H3;14-17,20-24,27,30H,2-13,18-19H2,1H3/t25-,28-;24-,27-. The van der Waals surface area contributed by atoms with E-state index >= 15 is 0 Å². The summed E-state index contributed by atoms with van der Waals surface area (Å²) in [6.45, 7) is -0.969. The summed E-state index contributed by atoms with van der Waals surface area (Å²) in [6.07, 6.45) is 38.8. The van der Waals surface area contributed by atoms with Crippen molar-refractivity contribution in [3.8, 4) is 11.5 Å². The van der Waals surface area contributed by atoms with Crippen molar-refractivity contribution in [2.75, 3.05) is 0 Å². The first-order valence-electron chi connectivity index (χ1n) is 27.0. The number of unbranched alkanes of at least 4 members (excludes halogenated alkanes) is 13. The number of rotatable bonds is 29. The summed E-state index contributed by atoms with van der Waals surface area (Å²) in [5.41, 5.74) is 7.95. The molecule has 2 nitrogen and oxygen atoms in total. The fraction of sp³-hybridized carbons (Fsp3) is 0.607. The van der Waals surface area contributed by atoms with Crippen molar-refractivity contribution >= 4 is 0 Å². The average molecular weight is 927 g/mol. The maximum Gasteiger partial charge on any atom is 0.387 e. The molecule has 0 aromatic heterocycles. The van der Waals surface area contributed by atoms with Crippen LogP contribution in [0.1, 0.15) is 220 Å². The molecule has 2 saturated carbocycles. The van der Waals surface area contributed by atoms with Crippen molar-refractivity contribution in [3.63, 3.8) is 0 Å². The molecular formula is C61H86F4O2. The normalized spacial score (nSPS) is 18.4. The molecule has 0 atom stereocenters. The molecule has 2 aliphatic carbocycles. The van der Waals surface area contributed by atoms with Crippen LogP contribution in [-0.4, -0.2) is 13.2 Å². The molecule has 0 bridgehead atoms. The fourth-order valence-corrected chi connectivity index (χ4v) is 10.7. The molecule has 2 aliphatic rings. The van der Waals surface area contributed by atoms with Crippen LogP contribution in [0.3, 0.4) is 0 Å². The van der Waals surface area contributed by atoms with E-state index in [-0.39, 0.29) is 11.5 Å². The van der Waals surface area contributed by atoms with Gasteiger partial charge in [0.2, 0.25) is 0 Å². The first-order valence-corrected chi connectivity index (χ1v) is 27.0. The molecule has 0 unspecified atom stereocenters. The lowest BCUT2D eigenvalue weighted by molar-refractivity contribution is -0.0505. The van der Waals surface area contributed by atoms with Gasteiger partial charge in [-0.2, -0.15) is 17.6 Å². The molecule has 0 saturated heterocycles. The summed E-state index contributed by atoms with van der Waals surface area (Å²) < 4.78 is 57.9.